The number of pyridine rings is 1. The molecule has 1 aromatic carbocycles. The molecule has 0 unspecified atom stereocenters. The molecular weight excluding hydrogens is 385 g/mol. The van der Waals surface area contributed by atoms with E-state index in [4.69, 9.17) is 0 Å². The molecule has 0 amide bonds. The summed E-state index contributed by atoms with van der Waals surface area (Å²) >= 11 is 0. The first kappa shape index (κ1) is 18.6. The van der Waals surface area contributed by atoms with Crippen molar-refractivity contribution >= 4 is 22.4 Å². The van der Waals surface area contributed by atoms with E-state index in [1.807, 2.05) is 17.7 Å². The molecule has 0 aliphatic carbocycles. The summed E-state index contributed by atoms with van der Waals surface area (Å²) < 4.78 is 16.8. The third-order valence-corrected chi connectivity index (χ3v) is 5.62. The van der Waals surface area contributed by atoms with Crippen molar-refractivity contribution in [3.8, 4) is 16.9 Å². The Morgan fingerprint density at radius 3 is 2.77 bits per heavy atom. The highest BCUT2D eigenvalue weighted by Gasteiger charge is 2.18. The minimum absolute atomic E-state index is 0.293. The number of nitrogens with one attached hydrogen (secondary N) is 2. The summed E-state index contributed by atoms with van der Waals surface area (Å²) in [7, 11) is 2.11. The van der Waals surface area contributed by atoms with Gasteiger partial charge >= 0.3 is 0 Å². The zero-order valence-electron chi connectivity index (χ0n) is 16.8. The molecule has 1 aliphatic heterocycles. The number of nitrogens with zero attached hydrogens (tertiary/aromatic N) is 5. The summed E-state index contributed by atoms with van der Waals surface area (Å²) in [5.74, 6) is 0.199. The molecule has 5 rings (SSSR count). The average Bonchev–Trinajstić information content (AvgIpc) is 3.28. The number of fused-ring (bicyclic) bond motifs is 2. The Morgan fingerprint density at radius 2 is 1.97 bits per heavy atom. The van der Waals surface area contributed by atoms with E-state index in [0.717, 1.165) is 37.6 Å². The second kappa shape index (κ2) is 7.10. The number of phenolic OH excluding ortho intramolecular Hbond substituents is 1. The van der Waals surface area contributed by atoms with Gasteiger partial charge in [-0.3, -0.25) is 9.78 Å². The Labute approximate surface area is 172 Å². The van der Waals surface area contributed by atoms with Crippen LogP contribution in [0.1, 0.15) is 11.4 Å². The lowest BCUT2D eigenvalue weighted by Gasteiger charge is -2.11. The molecule has 4 heterocycles. The molecule has 0 fully saturated rings. The highest BCUT2D eigenvalue weighted by molar-refractivity contribution is 5.94. The van der Waals surface area contributed by atoms with Crippen LogP contribution >= 0.6 is 0 Å². The van der Waals surface area contributed by atoms with Gasteiger partial charge in [-0.2, -0.15) is 10.2 Å². The number of aromatic hydroxyl groups is 1. The summed E-state index contributed by atoms with van der Waals surface area (Å²) in [6.45, 7) is 4.62. The topological polar surface area (TPSA) is 94.9 Å². The van der Waals surface area contributed by atoms with E-state index in [2.05, 4.69) is 37.5 Å². The van der Waals surface area contributed by atoms with E-state index in [-0.39, 0.29) is 0 Å². The van der Waals surface area contributed by atoms with E-state index in [0.29, 0.717) is 27.7 Å². The van der Waals surface area contributed by atoms with Crippen LogP contribution in [-0.4, -0.2) is 55.1 Å². The number of phenols is 1. The first-order chi connectivity index (χ1) is 14.5. The lowest BCUT2D eigenvalue weighted by atomic mass is 10.0. The molecule has 0 spiro atoms. The Morgan fingerprint density at radius 1 is 1.10 bits per heavy atom. The van der Waals surface area contributed by atoms with Crippen LogP contribution in [0, 0.1) is 12.7 Å². The van der Waals surface area contributed by atoms with Gasteiger partial charge in [0.15, 0.2) is 17.4 Å². The molecule has 0 saturated carbocycles. The normalized spacial score (nSPS) is 14.6. The summed E-state index contributed by atoms with van der Waals surface area (Å²) in [6, 6.07) is 5.52. The van der Waals surface area contributed by atoms with E-state index in [9.17, 15) is 9.50 Å². The van der Waals surface area contributed by atoms with Gasteiger partial charge in [0.2, 0.25) is 0 Å². The summed E-state index contributed by atoms with van der Waals surface area (Å²) in [4.78, 5) is 6.63. The number of benzene rings is 1. The molecule has 4 aromatic rings. The summed E-state index contributed by atoms with van der Waals surface area (Å²) in [5, 5.41) is 26.0. The van der Waals surface area contributed by atoms with Gasteiger partial charge in [0, 0.05) is 59.7 Å². The van der Waals surface area contributed by atoms with Crippen LogP contribution in [0.3, 0.4) is 0 Å². The van der Waals surface area contributed by atoms with E-state index in [1.54, 1.807) is 18.3 Å². The largest absolute Gasteiger partial charge is 0.504 e. The first-order valence-electron chi connectivity index (χ1n) is 9.83. The number of halogens is 1. The Kier molecular flexibility index (Phi) is 4.39. The van der Waals surface area contributed by atoms with Gasteiger partial charge in [0.05, 0.1) is 12.7 Å². The van der Waals surface area contributed by atoms with Crippen LogP contribution in [-0.2, 0) is 13.0 Å². The van der Waals surface area contributed by atoms with Crippen molar-refractivity contribution in [1.82, 2.24) is 29.9 Å². The molecule has 8 nitrogen and oxygen atoms in total. The van der Waals surface area contributed by atoms with Crippen molar-refractivity contribution in [2.45, 2.75) is 19.9 Å². The molecule has 9 heteroatoms. The van der Waals surface area contributed by atoms with Crippen LogP contribution < -0.4 is 5.32 Å². The van der Waals surface area contributed by atoms with Crippen LogP contribution in [0.4, 0.5) is 16.0 Å². The van der Waals surface area contributed by atoms with Gasteiger partial charge in [0.1, 0.15) is 5.82 Å². The van der Waals surface area contributed by atoms with Crippen molar-refractivity contribution in [1.29, 1.82) is 0 Å². The zero-order valence-corrected chi connectivity index (χ0v) is 16.8. The van der Waals surface area contributed by atoms with Gasteiger partial charge in [-0.25, -0.2) is 9.37 Å². The van der Waals surface area contributed by atoms with Crippen LogP contribution in [0.15, 0.2) is 30.6 Å². The number of aromatic nitrogens is 5. The quantitative estimate of drug-likeness (QED) is 0.483. The third kappa shape index (κ3) is 3.17. The maximum absolute atomic E-state index is 14.8. The SMILES string of the molecule is Cc1[nH]ncc1-c1cc2cc(Nc3cc4n(n3)CCN(C)CC4)ncc2c(O)c1F. The van der Waals surface area contributed by atoms with Crippen molar-refractivity contribution in [3.05, 3.63) is 47.8 Å². The molecule has 3 N–H and O–H groups in total. The predicted octanol–water partition coefficient (Wildman–Crippen LogP) is 3.21. The fourth-order valence-corrected chi connectivity index (χ4v) is 3.86. The minimum Gasteiger partial charge on any atom is -0.504 e. The number of aromatic amines is 1. The number of hydrogen-bond donors (Lipinski definition) is 3. The smallest absolute Gasteiger partial charge is 0.173 e. The lowest BCUT2D eigenvalue weighted by Crippen LogP contribution is -2.21. The lowest BCUT2D eigenvalue weighted by molar-refractivity contribution is 0.337. The molecule has 0 atom stereocenters. The van der Waals surface area contributed by atoms with Gasteiger partial charge < -0.3 is 15.3 Å². The number of rotatable bonds is 3. The molecular formula is C21H22FN7O. The fourth-order valence-electron chi connectivity index (χ4n) is 3.86. The maximum Gasteiger partial charge on any atom is 0.173 e. The number of aryl methyl sites for hydroxylation is 1. The first-order valence-corrected chi connectivity index (χ1v) is 9.83. The number of H-pyrrole nitrogens is 1. The van der Waals surface area contributed by atoms with Crippen molar-refractivity contribution in [2.24, 2.45) is 0 Å². The van der Waals surface area contributed by atoms with Crippen molar-refractivity contribution < 1.29 is 9.50 Å². The number of hydrogen-bond acceptors (Lipinski definition) is 6. The number of likely N-dealkylation sites (N-methyl/N-ethyl adjacent to an activating group) is 1. The zero-order chi connectivity index (χ0) is 20.8. The van der Waals surface area contributed by atoms with Gasteiger partial charge in [-0.1, -0.05) is 0 Å². The summed E-state index contributed by atoms with van der Waals surface area (Å²) in [6.07, 6.45) is 3.96. The summed E-state index contributed by atoms with van der Waals surface area (Å²) in [5.41, 5.74) is 2.81. The fraction of sp³-hybridized carbons (Fsp3) is 0.286. The second-order valence-corrected chi connectivity index (χ2v) is 7.71. The maximum atomic E-state index is 14.8. The minimum atomic E-state index is -0.683. The standard InChI is InChI=1S/C21H22FN7O/c1-12-16(11-24-26-12)15-7-13-8-18(23-10-17(13)21(30)20(15)22)25-19-9-14-3-4-28(2)5-6-29(14)27-19/h7-11,30H,3-6H2,1-2H3,(H,24,26)(H,23,25,27). The van der Waals surface area contributed by atoms with Gasteiger partial charge in [-0.05, 0) is 31.5 Å². The number of anilines is 2. The molecule has 154 valence electrons. The van der Waals surface area contributed by atoms with Crippen LogP contribution in [0.2, 0.25) is 0 Å². The second-order valence-electron chi connectivity index (χ2n) is 7.71. The molecule has 1 aliphatic rings. The van der Waals surface area contributed by atoms with Gasteiger partial charge in [0.25, 0.3) is 0 Å². The molecule has 0 bridgehead atoms. The highest BCUT2D eigenvalue weighted by Crippen LogP contribution is 2.37. The highest BCUT2D eigenvalue weighted by atomic mass is 19.1. The van der Waals surface area contributed by atoms with Crippen molar-refractivity contribution in [3.63, 3.8) is 0 Å². The predicted molar refractivity (Wildman–Crippen MR) is 112 cm³/mol. The Bertz CT molecular complexity index is 1220. The molecule has 0 saturated heterocycles. The van der Waals surface area contributed by atoms with Crippen molar-refractivity contribution in [2.75, 3.05) is 25.5 Å². The molecule has 30 heavy (non-hydrogen) atoms. The van der Waals surface area contributed by atoms with Crippen LogP contribution in [0.5, 0.6) is 5.75 Å². The monoisotopic (exact) mass is 407 g/mol. The van der Waals surface area contributed by atoms with Gasteiger partial charge in [-0.15, -0.1) is 0 Å². The average molecular weight is 407 g/mol. The van der Waals surface area contributed by atoms with E-state index in [1.165, 1.54) is 11.9 Å². The molecule has 3 aromatic heterocycles. The van der Waals surface area contributed by atoms with E-state index < -0.39 is 11.6 Å². The Balaban J connectivity index is 1.50. The third-order valence-electron chi connectivity index (χ3n) is 5.62. The van der Waals surface area contributed by atoms with Crippen LogP contribution in [0.25, 0.3) is 21.9 Å². The molecule has 0 radical (unpaired) electrons. The van der Waals surface area contributed by atoms with E-state index >= 15 is 0 Å². The Hall–Kier alpha value is -3.46.